The van der Waals surface area contributed by atoms with E-state index in [1.165, 1.54) is 5.56 Å². The normalized spacial score (nSPS) is 24.6. The van der Waals surface area contributed by atoms with Crippen molar-refractivity contribution in [2.24, 2.45) is 5.92 Å². The summed E-state index contributed by atoms with van der Waals surface area (Å²) in [6.07, 6.45) is 5.46. The van der Waals surface area contributed by atoms with Crippen LogP contribution in [0.3, 0.4) is 0 Å². The topological polar surface area (TPSA) is 81.2 Å². The largest absolute Gasteiger partial charge is 0.399 e. The number of non-ortho nitro benzene ring substituents is 1. The Hall–Kier alpha value is -2.82. The second kappa shape index (κ2) is 5.12. The third-order valence-electron chi connectivity index (χ3n) is 4.85. The van der Waals surface area contributed by atoms with Crippen LogP contribution in [0.2, 0.25) is 0 Å². The van der Waals surface area contributed by atoms with E-state index in [1.807, 2.05) is 30.3 Å². The first-order chi connectivity index (χ1) is 11.1. The summed E-state index contributed by atoms with van der Waals surface area (Å²) in [7, 11) is 0. The fourth-order valence-corrected chi connectivity index (χ4v) is 3.75. The lowest BCUT2D eigenvalue weighted by atomic mass is 9.77. The van der Waals surface area contributed by atoms with Gasteiger partial charge >= 0.3 is 0 Å². The molecule has 1 heterocycles. The Bertz CT molecular complexity index is 798. The molecule has 3 atom stereocenters. The smallest absolute Gasteiger partial charge is 0.269 e. The highest BCUT2D eigenvalue weighted by molar-refractivity contribution is 5.64. The lowest BCUT2D eigenvalue weighted by Crippen LogP contribution is -2.29. The van der Waals surface area contributed by atoms with Crippen molar-refractivity contribution in [1.82, 2.24) is 0 Å². The number of nitrogen functional groups attached to an aromatic ring is 1. The number of nitro benzene ring substituents is 1. The first kappa shape index (κ1) is 13.8. The van der Waals surface area contributed by atoms with Crippen LogP contribution >= 0.6 is 0 Å². The Balaban J connectivity index is 1.73. The van der Waals surface area contributed by atoms with Gasteiger partial charge in [-0.2, -0.15) is 0 Å². The van der Waals surface area contributed by atoms with E-state index < -0.39 is 0 Å². The highest BCUT2D eigenvalue weighted by Crippen LogP contribution is 2.50. The number of allylic oxidation sites excluding steroid dienone is 2. The molecular formula is C18H17N3O2. The Morgan fingerprint density at radius 2 is 1.96 bits per heavy atom. The number of rotatable bonds is 2. The molecule has 0 aromatic heterocycles. The van der Waals surface area contributed by atoms with Crippen LogP contribution in [0.5, 0.6) is 0 Å². The summed E-state index contributed by atoms with van der Waals surface area (Å²) in [5.74, 6) is 0.751. The molecule has 3 N–H and O–H groups in total. The van der Waals surface area contributed by atoms with Gasteiger partial charge in [-0.25, -0.2) is 0 Å². The lowest BCUT2D eigenvalue weighted by Gasteiger charge is -2.37. The molecule has 1 aliphatic carbocycles. The number of nitrogens with two attached hydrogens (primary N) is 1. The van der Waals surface area contributed by atoms with Gasteiger partial charge in [-0.3, -0.25) is 10.1 Å². The van der Waals surface area contributed by atoms with Gasteiger partial charge in [0, 0.05) is 29.4 Å². The average Bonchev–Trinajstić information content (AvgIpc) is 3.04. The highest BCUT2D eigenvalue weighted by Gasteiger charge is 2.37. The van der Waals surface area contributed by atoms with Crippen molar-refractivity contribution in [3.63, 3.8) is 0 Å². The molecule has 4 rings (SSSR count). The van der Waals surface area contributed by atoms with Crippen molar-refractivity contribution in [2.75, 3.05) is 11.1 Å². The minimum Gasteiger partial charge on any atom is -0.399 e. The van der Waals surface area contributed by atoms with Crippen molar-refractivity contribution in [3.05, 3.63) is 75.9 Å². The standard InChI is InChI=1S/C18H17N3O2/c19-12-6-9-17-16(10-12)14-2-1-3-15(14)18(20-17)11-4-7-13(8-5-11)21(22)23/h1-2,4-10,14-15,18,20H,3,19H2. The molecule has 0 amide bonds. The van der Waals surface area contributed by atoms with Gasteiger partial charge in [0.2, 0.25) is 0 Å². The minimum absolute atomic E-state index is 0.124. The van der Waals surface area contributed by atoms with Crippen LogP contribution in [-0.2, 0) is 0 Å². The van der Waals surface area contributed by atoms with E-state index in [0.717, 1.165) is 23.4 Å². The maximum atomic E-state index is 10.8. The quantitative estimate of drug-likeness (QED) is 0.380. The molecule has 0 saturated heterocycles. The van der Waals surface area contributed by atoms with E-state index in [4.69, 9.17) is 5.73 Å². The van der Waals surface area contributed by atoms with Crippen molar-refractivity contribution in [2.45, 2.75) is 18.4 Å². The van der Waals surface area contributed by atoms with Crippen LogP contribution < -0.4 is 11.1 Å². The fourth-order valence-electron chi connectivity index (χ4n) is 3.75. The zero-order valence-corrected chi connectivity index (χ0v) is 12.5. The number of hydrogen-bond donors (Lipinski definition) is 2. The van der Waals surface area contributed by atoms with E-state index in [9.17, 15) is 10.1 Å². The zero-order chi connectivity index (χ0) is 16.0. The second-order valence-corrected chi connectivity index (χ2v) is 6.17. The van der Waals surface area contributed by atoms with Gasteiger partial charge in [-0.1, -0.05) is 24.3 Å². The molecule has 5 heteroatoms. The van der Waals surface area contributed by atoms with E-state index in [1.54, 1.807) is 12.1 Å². The Kier molecular flexibility index (Phi) is 3.08. The molecule has 0 fully saturated rings. The Morgan fingerprint density at radius 3 is 2.70 bits per heavy atom. The van der Waals surface area contributed by atoms with E-state index in [-0.39, 0.29) is 16.7 Å². The minimum atomic E-state index is -0.365. The first-order valence-corrected chi connectivity index (χ1v) is 7.70. The third kappa shape index (κ3) is 2.25. The SMILES string of the molecule is Nc1ccc2c(c1)C1C=CCC1C(c1ccc([N+](=O)[O-])cc1)N2. The van der Waals surface area contributed by atoms with Gasteiger partial charge in [-0.05, 0) is 41.7 Å². The van der Waals surface area contributed by atoms with Gasteiger partial charge in [0.1, 0.15) is 0 Å². The molecule has 2 aliphatic rings. The van der Waals surface area contributed by atoms with E-state index in [0.29, 0.717) is 11.8 Å². The molecular weight excluding hydrogens is 290 g/mol. The maximum Gasteiger partial charge on any atom is 0.269 e. The summed E-state index contributed by atoms with van der Waals surface area (Å²) in [5, 5.41) is 14.4. The Morgan fingerprint density at radius 1 is 1.17 bits per heavy atom. The summed E-state index contributed by atoms with van der Waals surface area (Å²) in [5.41, 5.74) is 10.3. The van der Waals surface area contributed by atoms with E-state index >= 15 is 0 Å². The molecule has 5 nitrogen and oxygen atoms in total. The molecule has 0 saturated carbocycles. The summed E-state index contributed by atoms with van der Waals surface area (Å²) >= 11 is 0. The monoisotopic (exact) mass is 307 g/mol. The number of nitrogens with one attached hydrogen (secondary N) is 1. The highest BCUT2D eigenvalue weighted by atomic mass is 16.6. The molecule has 0 radical (unpaired) electrons. The van der Waals surface area contributed by atoms with Crippen LogP contribution in [0.25, 0.3) is 0 Å². The molecule has 3 unspecified atom stereocenters. The average molecular weight is 307 g/mol. The zero-order valence-electron chi connectivity index (χ0n) is 12.5. The number of nitro groups is 1. The van der Waals surface area contributed by atoms with Gasteiger partial charge in [0.25, 0.3) is 5.69 Å². The summed E-state index contributed by atoms with van der Waals surface area (Å²) in [4.78, 5) is 10.5. The van der Waals surface area contributed by atoms with Crippen molar-refractivity contribution in [3.8, 4) is 0 Å². The fraction of sp³-hybridized carbons (Fsp3) is 0.222. The lowest BCUT2D eigenvalue weighted by molar-refractivity contribution is -0.384. The molecule has 2 aromatic carbocycles. The molecule has 0 bridgehead atoms. The molecule has 1 aliphatic heterocycles. The van der Waals surface area contributed by atoms with Crippen molar-refractivity contribution < 1.29 is 4.92 Å². The number of nitrogens with zero attached hydrogens (tertiary/aromatic N) is 1. The molecule has 116 valence electrons. The third-order valence-corrected chi connectivity index (χ3v) is 4.85. The Labute approximate surface area is 134 Å². The first-order valence-electron chi connectivity index (χ1n) is 7.70. The van der Waals surface area contributed by atoms with Crippen molar-refractivity contribution >= 4 is 17.1 Å². The second-order valence-electron chi connectivity index (χ2n) is 6.17. The number of fused-ring (bicyclic) bond motifs is 3. The number of benzene rings is 2. The number of anilines is 2. The summed E-state index contributed by atoms with van der Waals surface area (Å²) < 4.78 is 0. The molecule has 2 aromatic rings. The van der Waals surface area contributed by atoms with Gasteiger partial charge in [0.05, 0.1) is 11.0 Å². The summed E-state index contributed by atoms with van der Waals surface area (Å²) in [6, 6.07) is 13.0. The van der Waals surface area contributed by atoms with E-state index in [2.05, 4.69) is 17.5 Å². The number of hydrogen-bond acceptors (Lipinski definition) is 4. The van der Waals surface area contributed by atoms with Gasteiger partial charge < -0.3 is 11.1 Å². The van der Waals surface area contributed by atoms with Crippen LogP contribution in [0, 0.1) is 16.0 Å². The van der Waals surface area contributed by atoms with Crippen LogP contribution in [0.1, 0.15) is 29.5 Å². The molecule has 23 heavy (non-hydrogen) atoms. The maximum absolute atomic E-state index is 10.8. The van der Waals surface area contributed by atoms with Crippen LogP contribution in [0.15, 0.2) is 54.6 Å². The summed E-state index contributed by atoms with van der Waals surface area (Å²) in [6.45, 7) is 0. The van der Waals surface area contributed by atoms with Gasteiger partial charge in [-0.15, -0.1) is 0 Å². The van der Waals surface area contributed by atoms with Gasteiger partial charge in [0.15, 0.2) is 0 Å². The van der Waals surface area contributed by atoms with Crippen molar-refractivity contribution in [1.29, 1.82) is 0 Å². The van der Waals surface area contributed by atoms with Crippen LogP contribution in [-0.4, -0.2) is 4.92 Å². The predicted molar refractivity (Wildman–Crippen MR) is 90.3 cm³/mol. The van der Waals surface area contributed by atoms with Crippen LogP contribution in [0.4, 0.5) is 17.1 Å². The predicted octanol–water partition coefficient (Wildman–Crippen LogP) is 4.00. The molecule has 0 spiro atoms.